The van der Waals surface area contributed by atoms with Gasteiger partial charge in [0.15, 0.2) is 0 Å². The van der Waals surface area contributed by atoms with Crippen molar-refractivity contribution < 1.29 is 4.42 Å². The first-order chi connectivity index (χ1) is 29.7. The Labute approximate surface area is 349 Å². The lowest BCUT2D eigenvalue weighted by molar-refractivity contribution is 0.669. The van der Waals surface area contributed by atoms with Crippen LogP contribution in [0.1, 0.15) is 0 Å². The highest BCUT2D eigenvalue weighted by atomic mass is 16.3. The van der Waals surface area contributed by atoms with E-state index < -0.39 is 0 Å². The molecule has 11 aromatic rings. The van der Waals surface area contributed by atoms with Crippen LogP contribution in [-0.4, -0.2) is 0 Å². The summed E-state index contributed by atoms with van der Waals surface area (Å²) in [6.07, 6.45) is 0. The van der Waals surface area contributed by atoms with Gasteiger partial charge in [0.1, 0.15) is 11.2 Å². The summed E-state index contributed by atoms with van der Waals surface area (Å²) in [6, 6.07) is 84.9. The Morgan fingerprint density at radius 3 is 1.15 bits per heavy atom. The zero-order chi connectivity index (χ0) is 39.8. The first kappa shape index (κ1) is 35.2. The molecule has 282 valence electrons. The fraction of sp³-hybridized carbons (Fsp3) is 0. The van der Waals surface area contributed by atoms with Gasteiger partial charge in [-0.05, 0) is 127 Å². The highest BCUT2D eigenvalue weighted by Gasteiger charge is 2.15. The van der Waals surface area contributed by atoms with Gasteiger partial charge >= 0.3 is 0 Å². The Kier molecular flexibility index (Phi) is 8.87. The molecule has 0 saturated heterocycles. The van der Waals surface area contributed by atoms with E-state index >= 15 is 0 Å². The second kappa shape index (κ2) is 15.1. The van der Waals surface area contributed by atoms with E-state index in [1.807, 2.05) is 12.1 Å². The molecule has 0 aliphatic heterocycles. The highest BCUT2D eigenvalue weighted by Crippen LogP contribution is 2.39. The number of anilines is 3. The topological polar surface area (TPSA) is 16.4 Å². The highest BCUT2D eigenvalue weighted by molar-refractivity contribution is 6.06. The minimum Gasteiger partial charge on any atom is -0.456 e. The fourth-order valence-electron chi connectivity index (χ4n) is 8.47. The first-order valence-corrected chi connectivity index (χ1v) is 20.5. The summed E-state index contributed by atoms with van der Waals surface area (Å²) in [6.45, 7) is 0. The molecule has 60 heavy (non-hydrogen) atoms. The van der Waals surface area contributed by atoms with Crippen LogP contribution in [0.2, 0.25) is 0 Å². The van der Waals surface area contributed by atoms with Crippen LogP contribution in [-0.2, 0) is 0 Å². The Bertz CT molecular complexity index is 3250. The van der Waals surface area contributed by atoms with Crippen LogP contribution in [0.3, 0.4) is 0 Å². The summed E-state index contributed by atoms with van der Waals surface area (Å²) in [7, 11) is 0. The van der Waals surface area contributed by atoms with Crippen molar-refractivity contribution in [3.63, 3.8) is 0 Å². The normalized spacial score (nSPS) is 11.3. The van der Waals surface area contributed by atoms with E-state index in [0.29, 0.717) is 0 Å². The fourth-order valence-corrected chi connectivity index (χ4v) is 8.47. The molecule has 2 heteroatoms. The lowest BCUT2D eigenvalue weighted by atomic mass is 9.98. The van der Waals surface area contributed by atoms with Gasteiger partial charge < -0.3 is 9.32 Å². The van der Waals surface area contributed by atoms with Crippen molar-refractivity contribution >= 4 is 49.8 Å². The van der Waals surface area contributed by atoms with Gasteiger partial charge in [0.2, 0.25) is 0 Å². The zero-order valence-electron chi connectivity index (χ0n) is 32.9. The molecule has 0 aliphatic rings. The van der Waals surface area contributed by atoms with Crippen molar-refractivity contribution in [3.8, 4) is 55.6 Å². The number of nitrogens with zero attached hydrogens (tertiary/aromatic N) is 1. The van der Waals surface area contributed by atoms with Crippen molar-refractivity contribution in [2.75, 3.05) is 4.90 Å². The Hall–Kier alpha value is -7.94. The number of rotatable bonds is 8. The van der Waals surface area contributed by atoms with Gasteiger partial charge in [-0.25, -0.2) is 0 Å². The summed E-state index contributed by atoms with van der Waals surface area (Å²) >= 11 is 0. The molecule has 11 rings (SSSR count). The first-order valence-electron chi connectivity index (χ1n) is 20.5. The third kappa shape index (κ3) is 6.70. The predicted molar refractivity (Wildman–Crippen MR) is 253 cm³/mol. The lowest BCUT2D eigenvalue weighted by Gasteiger charge is -2.26. The van der Waals surface area contributed by atoms with Crippen molar-refractivity contribution in [3.05, 3.63) is 237 Å². The molecule has 2 nitrogen and oxygen atoms in total. The summed E-state index contributed by atoms with van der Waals surface area (Å²) < 4.78 is 6.07. The van der Waals surface area contributed by atoms with E-state index in [1.54, 1.807) is 0 Å². The van der Waals surface area contributed by atoms with Gasteiger partial charge in [0, 0.05) is 27.8 Å². The molecule has 0 aliphatic carbocycles. The molecule has 1 heterocycles. The van der Waals surface area contributed by atoms with E-state index in [9.17, 15) is 0 Å². The van der Waals surface area contributed by atoms with E-state index in [2.05, 4.69) is 229 Å². The third-order valence-corrected chi connectivity index (χ3v) is 11.7. The maximum absolute atomic E-state index is 6.07. The minimum atomic E-state index is 0.914. The lowest BCUT2D eigenvalue weighted by Crippen LogP contribution is -2.09. The second-order valence-electron chi connectivity index (χ2n) is 15.4. The Morgan fingerprint density at radius 1 is 0.233 bits per heavy atom. The van der Waals surface area contributed by atoms with E-state index in [4.69, 9.17) is 4.42 Å². The molecule has 0 N–H and O–H groups in total. The monoisotopic (exact) mass is 765 g/mol. The number of fused-ring (bicyclic) bond motifs is 4. The van der Waals surface area contributed by atoms with Crippen molar-refractivity contribution in [2.45, 2.75) is 0 Å². The van der Waals surface area contributed by atoms with Crippen LogP contribution in [0.4, 0.5) is 17.1 Å². The smallest absolute Gasteiger partial charge is 0.135 e. The van der Waals surface area contributed by atoms with Gasteiger partial charge in [0.25, 0.3) is 0 Å². The van der Waals surface area contributed by atoms with Crippen molar-refractivity contribution in [1.82, 2.24) is 0 Å². The molecule has 0 bridgehead atoms. The molecule has 0 amide bonds. The summed E-state index contributed by atoms with van der Waals surface area (Å²) in [5.41, 5.74) is 17.0. The standard InChI is InChI=1S/C58H39NO/c1-2-8-40(9-3-1)44-24-31-52(32-25-44)59(53-33-26-45(27-34-53)42-14-18-47(19-15-42)50-23-22-41-10-4-5-11-49(41)38-50)54-35-28-46(29-36-54)43-16-20-48(21-17-43)51-30-37-58-56(39-51)55-12-6-7-13-57(55)60-58/h1-39H. The van der Waals surface area contributed by atoms with Gasteiger partial charge in [-0.2, -0.15) is 0 Å². The van der Waals surface area contributed by atoms with E-state index in [-0.39, 0.29) is 0 Å². The second-order valence-corrected chi connectivity index (χ2v) is 15.4. The number of para-hydroxylation sites is 1. The number of hydrogen-bond acceptors (Lipinski definition) is 2. The van der Waals surface area contributed by atoms with Gasteiger partial charge in [0.05, 0.1) is 0 Å². The number of furan rings is 1. The maximum Gasteiger partial charge on any atom is 0.135 e. The molecule has 0 saturated carbocycles. The van der Waals surface area contributed by atoms with Crippen molar-refractivity contribution in [1.29, 1.82) is 0 Å². The molecular formula is C58H39NO. The van der Waals surface area contributed by atoms with Crippen LogP contribution < -0.4 is 4.90 Å². The van der Waals surface area contributed by atoms with Crippen LogP contribution in [0.5, 0.6) is 0 Å². The Balaban J connectivity index is 0.880. The quantitative estimate of drug-likeness (QED) is 0.153. The summed E-state index contributed by atoms with van der Waals surface area (Å²) in [4.78, 5) is 2.34. The summed E-state index contributed by atoms with van der Waals surface area (Å²) in [5, 5.41) is 4.80. The van der Waals surface area contributed by atoms with Crippen LogP contribution in [0.25, 0.3) is 88.3 Å². The minimum absolute atomic E-state index is 0.914. The SMILES string of the molecule is c1ccc(-c2ccc(N(c3ccc(-c4ccc(-c5ccc6ccccc6c5)cc4)cc3)c3ccc(-c4ccc(-c5ccc6oc7ccccc7c6c5)cc4)cc3)cc2)cc1. The number of hydrogen-bond donors (Lipinski definition) is 0. The Morgan fingerprint density at radius 2 is 0.600 bits per heavy atom. The average Bonchev–Trinajstić information content (AvgIpc) is 3.71. The van der Waals surface area contributed by atoms with Crippen molar-refractivity contribution in [2.24, 2.45) is 0 Å². The molecule has 0 unspecified atom stereocenters. The van der Waals surface area contributed by atoms with Gasteiger partial charge in [-0.15, -0.1) is 0 Å². The van der Waals surface area contributed by atoms with Crippen LogP contribution in [0, 0.1) is 0 Å². The molecule has 10 aromatic carbocycles. The van der Waals surface area contributed by atoms with E-state index in [1.165, 1.54) is 66.4 Å². The van der Waals surface area contributed by atoms with Crippen LogP contribution in [0.15, 0.2) is 241 Å². The average molecular weight is 766 g/mol. The zero-order valence-corrected chi connectivity index (χ0v) is 32.9. The van der Waals surface area contributed by atoms with Gasteiger partial charge in [-0.3, -0.25) is 0 Å². The molecule has 0 atom stereocenters. The predicted octanol–water partition coefficient (Wildman–Crippen LogP) is 16.5. The van der Waals surface area contributed by atoms with Crippen LogP contribution >= 0.6 is 0 Å². The maximum atomic E-state index is 6.07. The molecule has 0 spiro atoms. The van der Waals surface area contributed by atoms with E-state index in [0.717, 1.165) is 39.0 Å². The molecule has 0 radical (unpaired) electrons. The number of benzene rings is 10. The molecular weight excluding hydrogens is 727 g/mol. The third-order valence-electron chi connectivity index (χ3n) is 11.7. The molecule has 1 aromatic heterocycles. The van der Waals surface area contributed by atoms with Gasteiger partial charge in [-0.1, -0.05) is 176 Å². The summed E-state index contributed by atoms with van der Waals surface area (Å²) in [5.74, 6) is 0. The molecule has 0 fully saturated rings. The largest absolute Gasteiger partial charge is 0.456 e.